The molecule has 6 rings (SSSR count). The predicted molar refractivity (Wildman–Crippen MR) is 230 cm³/mol. The number of allylic oxidation sites excluding steroid dienone is 1. The molecule has 1 fully saturated rings. The van der Waals surface area contributed by atoms with Crippen molar-refractivity contribution in [1.29, 1.82) is 0 Å². The number of amides is 1. The third kappa shape index (κ3) is 10.2. The van der Waals surface area contributed by atoms with Gasteiger partial charge in [0.15, 0.2) is 0 Å². The number of benzene rings is 3. The maximum atomic E-state index is 14.1. The van der Waals surface area contributed by atoms with Crippen LogP contribution in [0.5, 0.6) is 17.2 Å². The molecule has 3 aromatic carbocycles. The van der Waals surface area contributed by atoms with Crippen molar-refractivity contribution in [2.75, 3.05) is 59.4 Å². The number of hydrogen-bond acceptors (Lipinski definition) is 11. The maximum absolute atomic E-state index is 14.1. The fraction of sp³-hybridized carbons (Fsp3) is 0.500. The van der Waals surface area contributed by atoms with E-state index in [1.807, 2.05) is 49.4 Å². The monoisotopic (exact) mass is 826 g/mol. The molecule has 0 saturated heterocycles. The summed E-state index contributed by atoms with van der Waals surface area (Å²) in [5, 5.41) is 34.0. The Bertz CT molecular complexity index is 1890. The van der Waals surface area contributed by atoms with Crippen LogP contribution in [0.25, 0.3) is 11.1 Å². The van der Waals surface area contributed by atoms with Gasteiger partial charge in [-0.3, -0.25) is 4.90 Å². The van der Waals surface area contributed by atoms with Crippen LogP contribution >= 0.6 is 0 Å². The molecule has 3 aromatic rings. The van der Waals surface area contributed by atoms with E-state index < -0.39 is 23.8 Å². The Morgan fingerprint density at radius 2 is 1.63 bits per heavy atom. The molecule has 12 nitrogen and oxygen atoms in total. The lowest BCUT2D eigenvalue weighted by atomic mass is 9.55. The number of ether oxygens (including phenoxy) is 5. The molecule has 2 aliphatic carbocycles. The maximum Gasteiger partial charge on any atom is 0.410 e. The van der Waals surface area contributed by atoms with Crippen molar-refractivity contribution in [1.82, 2.24) is 4.90 Å². The Labute approximate surface area is 354 Å². The van der Waals surface area contributed by atoms with Crippen molar-refractivity contribution >= 4 is 11.8 Å². The second-order valence-electron chi connectivity index (χ2n) is 15.4. The van der Waals surface area contributed by atoms with Gasteiger partial charge in [-0.1, -0.05) is 72.6 Å². The number of fused-ring (bicyclic) bond motifs is 2. The van der Waals surface area contributed by atoms with Crippen LogP contribution in [-0.4, -0.2) is 103 Å². The van der Waals surface area contributed by atoms with Gasteiger partial charge < -0.3 is 43.8 Å². The van der Waals surface area contributed by atoms with Crippen LogP contribution in [0.3, 0.4) is 0 Å². The second-order valence-corrected chi connectivity index (χ2v) is 15.4. The van der Waals surface area contributed by atoms with Crippen molar-refractivity contribution in [2.24, 2.45) is 22.9 Å². The van der Waals surface area contributed by atoms with Crippen molar-refractivity contribution in [2.45, 2.75) is 76.5 Å². The molecule has 60 heavy (non-hydrogen) atoms. The first kappa shape index (κ1) is 44.8. The Hall–Kier alpha value is -4.72. The molecular formula is C48H62N2O10. The lowest BCUT2D eigenvalue weighted by Gasteiger charge is -2.59. The normalized spacial score (nSPS) is 23.4. The number of unbranched alkanes of at least 4 members (excludes halogenated alkanes) is 2. The molecule has 324 valence electrons. The topological polar surface area (TPSA) is 149 Å². The Kier molecular flexibility index (Phi) is 16.6. The smallest absolute Gasteiger partial charge is 0.410 e. The quantitative estimate of drug-likeness (QED) is 0.0485. The minimum absolute atomic E-state index is 0.0507. The fourth-order valence-electron chi connectivity index (χ4n) is 9.25. The average molecular weight is 827 g/mol. The molecule has 0 radical (unpaired) electrons. The summed E-state index contributed by atoms with van der Waals surface area (Å²) in [6, 6.07) is 23.4. The standard InChI is InChI=1S/C48H62N2O10/c1-4-28-57-48-44(50(47(54)56-5-2)24-29-55-30-27-53)33-42(49-58-6-3)40-31-36(16-10-12-25-51)39(17-11-13-26-52)45(46(40)48)41-32-38(22-23-43(41)60-48)59-37-20-18-35(19-21-37)34-14-8-7-9-15-34/h4,7-9,14-15,18-23,31-32,36,39,44-46,51-53H,1,5-6,10-13,16-17,24-30,33H2,2-3H3. The third-order valence-corrected chi connectivity index (χ3v) is 11.7. The largest absolute Gasteiger partial charge is 0.459 e. The van der Waals surface area contributed by atoms with Gasteiger partial charge in [-0.15, -0.1) is 6.58 Å². The Morgan fingerprint density at radius 1 is 0.900 bits per heavy atom. The number of rotatable bonds is 23. The summed E-state index contributed by atoms with van der Waals surface area (Å²) in [6.45, 7) is 8.72. The van der Waals surface area contributed by atoms with Crippen molar-refractivity contribution < 1.29 is 48.6 Å². The first-order valence-corrected chi connectivity index (χ1v) is 21.6. The number of hydrogen-bond donors (Lipinski definition) is 3. The summed E-state index contributed by atoms with van der Waals surface area (Å²) in [4.78, 5) is 21.5. The van der Waals surface area contributed by atoms with Crippen molar-refractivity contribution in [3.8, 4) is 28.4 Å². The van der Waals surface area contributed by atoms with Gasteiger partial charge in [0, 0.05) is 37.7 Å². The number of nitrogens with zero attached hydrogens (tertiary/aromatic N) is 2. The van der Waals surface area contributed by atoms with Crippen LogP contribution in [0.1, 0.15) is 70.3 Å². The molecule has 12 heteroatoms. The second kappa shape index (κ2) is 22.2. The van der Waals surface area contributed by atoms with Crippen molar-refractivity contribution in [3.05, 3.63) is 103 Å². The van der Waals surface area contributed by atoms with Gasteiger partial charge in [-0.2, -0.15) is 0 Å². The van der Waals surface area contributed by atoms with E-state index in [-0.39, 0.29) is 77.0 Å². The van der Waals surface area contributed by atoms with E-state index in [4.69, 9.17) is 33.7 Å². The first-order valence-electron chi connectivity index (χ1n) is 21.6. The molecule has 1 amide bonds. The van der Waals surface area contributed by atoms with Crippen molar-refractivity contribution in [3.63, 3.8) is 0 Å². The number of aliphatic hydroxyl groups is 3. The summed E-state index contributed by atoms with van der Waals surface area (Å²) in [6.07, 6.45) is 8.27. The van der Waals surface area contributed by atoms with E-state index in [0.29, 0.717) is 42.4 Å². The molecule has 6 unspecified atom stereocenters. The molecule has 1 saturated carbocycles. The zero-order valence-electron chi connectivity index (χ0n) is 35.1. The molecule has 3 aliphatic rings. The van der Waals surface area contributed by atoms with Crippen LogP contribution in [0, 0.1) is 17.8 Å². The Balaban J connectivity index is 1.52. The van der Waals surface area contributed by atoms with Crippen LogP contribution in [0.2, 0.25) is 0 Å². The van der Waals surface area contributed by atoms with Gasteiger partial charge >= 0.3 is 6.09 Å². The number of oxime groups is 1. The van der Waals surface area contributed by atoms with E-state index in [1.165, 1.54) is 0 Å². The molecule has 0 aromatic heterocycles. The summed E-state index contributed by atoms with van der Waals surface area (Å²) in [5.41, 5.74) is 4.80. The van der Waals surface area contributed by atoms with Gasteiger partial charge in [-0.25, -0.2) is 4.79 Å². The predicted octanol–water partition coefficient (Wildman–Crippen LogP) is 8.27. The minimum atomic E-state index is -1.44. The highest BCUT2D eigenvalue weighted by Crippen LogP contribution is 2.62. The molecule has 1 aliphatic heterocycles. The van der Waals surface area contributed by atoms with E-state index in [0.717, 1.165) is 47.9 Å². The summed E-state index contributed by atoms with van der Waals surface area (Å²) >= 11 is 0. The number of aliphatic hydroxyl groups excluding tert-OH is 3. The highest BCUT2D eigenvalue weighted by atomic mass is 16.7. The number of carbonyl (C=O) groups excluding carboxylic acids is 1. The zero-order valence-corrected chi connectivity index (χ0v) is 35.1. The highest BCUT2D eigenvalue weighted by molar-refractivity contribution is 6.03. The lowest BCUT2D eigenvalue weighted by molar-refractivity contribution is -0.256. The first-order chi connectivity index (χ1) is 29.4. The zero-order chi connectivity index (χ0) is 42.3. The SMILES string of the molecule is C=CCOC12Oc3ccc(Oc4ccc(-c5ccccc5)cc4)cc3C3C(CCCCO)C(CCCCO)C=C(C(=NOCC)CC1N(CCOCCO)C(=O)OCC)C32. The fourth-order valence-corrected chi connectivity index (χ4v) is 9.25. The molecule has 1 heterocycles. The van der Waals surface area contributed by atoms with Crippen LogP contribution in [0.15, 0.2) is 102 Å². The summed E-state index contributed by atoms with van der Waals surface area (Å²) in [5.74, 6) is -0.0419. The van der Waals surface area contributed by atoms with Gasteiger partial charge in [0.25, 0.3) is 0 Å². The summed E-state index contributed by atoms with van der Waals surface area (Å²) < 4.78 is 32.2. The average Bonchev–Trinajstić information content (AvgIpc) is 3.27. The van der Waals surface area contributed by atoms with Crippen LogP contribution < -0.4 is 9.47 Å². The van der Waals surface area contributed by atoms with Gasteiger partial charge in [-0.05, 0) is 98.4 Å². The third-order valence-electron chi connectivity index (χ3n) is 11.7. The molecular weight excluding hydrogens is 765 g/mol. The molecule has 3 N–H and O–H groups in total. The van der Waals surface area contributed by atoms with E-state index >= 15 is 0 Å². The van der Waals surface area contributed by atoms with Crippen LogP contribution in [-0.2, 0) is 19.0 Å². The minimum Gasteiger partial charge on any atom is -0.459 e. The van der Waals surface area contributed by atoms with E-state index in [1.54, 1.807) is 17.9 Å². The Morgan fingerprint density at radius 3 is 2.33 bits per heavy atom. The van der Waals surface area contributed by atoms with Gasteiger partial charge in [0.05, 0.1) is 44.7 Å². The molecule has 0 bridgehead atoms. The van der Waals surface area contributed by atoms with E-state index in [2.05, 4.69) is 43.0 Å². The summed E-state index contributed by atoms with van der Waals surface area (Å²) in [7, 11) is 0. The van der Waals surface area contributed by atoms with Gasteiger partial charge in [0.2, 0.25) is 5.79 Å². The highest BCUT2D eigenvalue weighted by Gasteiger charge is 2.65. The molecule has 0 spiro atoms. The van der Waals surface area contributed by atoms with E-state index in [9.17, 15) is 20.1 Å². The van der Waals surface area contributed by atoms with Crippen LogP contribution in [0.4, 0.5) is 4.79 Å². The lowest BCUT2D eigenvalue weighted by Crippen LogP contribution is -2.70. The molecule has 6 atom stereocenters. The number of carbonyl (C=O) groups is 1. The van der Waals surface area contributed by atoms with Gasteiger partial charge in [0.1, 0.15) is 29.9 Å².